The van der Waals surface area contributed by atoms with Gasteiger partial charge < -0.3 is 18.9 Å². The third-order valence-corrected chi connectivity index (χ3v) is 5.70. The highest BCUT2D eigenvalue weighted by molar-refractivity contribution is 5.96. The van der Waals surface area contributed by atoms with E-state index in [1.807, 2.05) is 48.7 Å². The van der Waals surface area contributed by atoms with E-state index in [9.17, 15) is 9.59 Å². The van der Waals surface area contributed by atoms with Crippen LogP contribution in [0.3, 0.4) is 0 Å². The van der Waals surface area contributed by atoms with Gasteiger partial charge in [0.2, 0.25) is 0 Å². The number of para-hydroxylation sites is 1. The summed E-state index contributed by atoms with van der Waals surface area (Å²) >= 11 is 0. The highest BCUT2D eigenvalue weighted by Crippen LogP contribution is 2.38. The predicted octanol–water partition coefficient (Wildman–Crippen LogP) is 6.35. The van der Waals surface area contributed by atoms with Crippen LogP contribution in [0.4, 0.5) is 0 Å². The fourth-order valence-electron chi connectivity index (χ4n) is 4.38. The smallest absolute Gasteiger partial charge is 0.355 e. The molecular formula is C30H34N2O4. The largest absolute Gasteiger partial charge is 0.457 e. The molecule has 4 rings (SSSR count). The Kier molecular flexibility index (Phi) is 6.56. The van der Waals surface area contributed by atoms with Crippen LogP contribution in [-0.2, 0) is 19.1 Å². The van der Waals surface area contributed by atoms with Crippen LogP contribution in [0.15, 0.2) is 72.7 Å². The fourth-order valence-corrected chi connectivity index (χ4v) is 4.38. The van der Waals surface area contributed by atoms with Gasteiger partial charge in [-0.15, -0.1) is 0 Å². The third kappa shape index (κ3) is 5.38. The lowest BCUT2D eigenvalue weighted by Crippen LogP contribution is -2.37. The Hall–Kier alpha value is -3.80. The van der Waals surface area contributed by atoms with Gasteiger partial charge in [-0.2, -0.15) is 0 Å². The summed E-state index contributed by atoms with van der Waals surface area (Å²) in [5.41, 5.74) is 2.83. The van der Waals surface area contributed by atoms with Gasteiger partial charge in [-0.25, -0.2) is 9.59 Å². The van der Waals surface area contributed by atoms with Crippen LogP contribution >= 0.6 is 0 Å². The molecule has 0 fully saturated rings. The molecule has 0 spiro atoms. The van der Waals surface area contributed by atoms with Crippen molar-refractivity contribution in [2.24, 2.45) is 0 Å². The molecule has 0 amide bonds. The number of nitrogens with zero attached hydrogens (tertiary/aromatic N) is 2. The van der Waals surface area contributed by atoms with Gasteiger partial charge >= 0.3 is 11.9 Å². The van der Waals surface area contributed by atoms with E-state index < -0.39 is 29.3 Å². The second-order valence-corrected chi connectivity index (χ2v) is 11.0. The van der Waals surface area contributed by atoms with E-state index in [2.05, 4.69) is 29.8 Å². The standard InChI is InChI=1S/C30H34N2O4/c1-20-19-32(24-15-11-10-13-22(20)24)27-23-14-9-8-12-21(23)16-17-31(27)25(28(34)36-30(5,6)7)18-26(33)35-29(2,3)4/h8-19,27H,1-7H3/b25-18+. The van der Waals surface area contributed by atoms with Crippen molar-refractivity contribution in [1.29, 1.82) is 0 Å². The summed E-state index contributed by atoms with van der Waals surface area (Å²) in [6.45, 7) is 12.9. The summed E-state index contributed by atoms with van der Waals surface area (Å²) in [4.78, 5) is 28.3. The average Bonchev–Trinajstić information content (AvgIpc) is 3.11. The molecule has 2 heterocycles. The SMILES string of the molecule is Cc1cn(C2c3ccccc3C=CN2/C(=C/C(=O)OC(C)(C)C)C(=O)OC(C)(C)C)c2ccccc12. The number of carbonyl (C=O) groups is 2. The molecule has 1 aliphatic rings. The maximum absolute atomic E-state index is 13.5. The van der Waals surface area contributed by atoms with Crippen LogP contribution in [0, 0.1) is 6.92 Å². The summed E-state index contributed by atoms with van der Waals surface area (Å²) in [6.07, 6.45) is 6.67. The van der Waals surface area contributed by atoms with E-state index in [0.29, 0.717) is 0 Å². The summed E-state index contributed by atoms with van der Waals surface area (Å²) in [7, 11) is 0. The molecule has 0 N–H and O–H groups in total. The second-order valence-electron chi connectivity index (χ2n) is 11.0. The van der Waals surface area contributed by atoms with Crippen LogP contribution < -0.4 is 0 Å². The zero-order valence-electron chi connectivity index (χ0n) is 22.0. The van der Waals surface area contributed by atoms with Crippen LogP contribution in [0.25, 0.3) is 17.0 Å². The molecule has 1 aliphatic heterocycles. The van der Waals surface area contributed by atoms with Crippen LogP contribution in [0.2, 0.25) is 0 Å². The predicted molar refractivity (Wildman–Crippen MR) is 142 cm³/mol. The topological polar surface area (TPSA) is 60.8 Å². The van der Waals surface area contributed by atoms with Gasteiger partial charge in [0.1, 0.15) is 23.1 Å². The van der Waals surface area contributed by atoms with E-state index in [1.54, 1.807) is 46.4 Å². The van der Waals surface area contributed by atoms with Crippen LogP contribution in [-0.4, -0.2) is 32.6 Å². The normalized spacial score (nSPS) is 16.1. The van der Waals surface area contributed by atoms with Crippen LogP contribution in [0.1, 0.15) is 64.4 Å². The van der Waals surface area contributed by atoms with E-state index in [-0.39, 0.29) is 5.70 Å². The summed E-state index contributed by atoms with van der Waals surface area (Å²) in [5, 5.41) is 1.12. The number of aromatic nitrogens is 1. The Morgan fingerprint density at radius 2 is 1.53 bits per heavy atom. The monoisotopic (exact) mass is 486 g/mol. The molecule has 188 valence electrons. The molecule has 0 saturated carbocycles. The highest BCUT2D eigenvalue weighted by atomic mass is 16.6. The van der Waals surface area contributed by atoms with Gasteiger partial charge in [0.05, 0.1) is 11.6 Å². The Bertz CT molecular complexity index is 1370. The molecule has 3 aromatic rings. The molecule has 1 atom stereocenters. The van der Waals surface area contributed by atoms with Crippen molar-refractivity contribution in [2.75, 3.05) is 0 Å². The summed E-state index contributed by atoms with van der Waals surface area (Å²) in [6, 6.07) is 16.2. The highest BCUT2D eigenvalue weighted by Gasteiger charge is 2.34. The number of carbonyl (C=O) groups excluding carboxylic acids is 2. The van der Waals surface area contributed by atoms with E-state index >= 15 is 0 Å². The van der Waals surface area contributed by atoms with Gasteiger partial charge in [0.25, 0.3) is 0 Å². The Morgan fingerprint density at radius 1 is 0.889 bits per heavy atom. The fraction of sp³-hybridized carbons (Fsp3) is 0.333. The lowest BCUT2D eigenvalue weighted by molar-refractivity contribution is -0.154. The average molecular weight is 487 g/mol. The molecule has 36 heavy (non-hydrogen) atoms. The molecule has 0 aliphatic carbocycles. The number of hydrogen-bond donors (Lipinski definition) is 0. The molecule has 6 heteroatoms. The molecule has 0 radical (unpaired) electrons. The van der Waals surface area contributed by atoms with E-state index in [4.69, 9.17) is 9.47 Å². The van der Waals surface area contributed by atoms with Gasteiger partial charge in [-0.05, 0) is 71.7 Å². The second kappa shape index (κ2) is 9.34. The molecule has 1 unspecified atom stereocenters. The first-order chi connectivity index (χ1) is 16.8. The first-order valence-electron chi connectivity index (χ1n) is 12.1. The van der Waals surface area contributed by atoms with Crippen molar-refractivity contribution in [3.05, 3.63) is 89.4 Å². The Morgan fingerprint density at radius 3 is 2.22 bits per heavy atom. The van der Waals surface area contributed by atoms with Crippen molar-refractivity contribution >= 4 is 28.9 Å². The van der Waals surface area contributed by atoms with Gasteiger partial charge in [0, 0.05) is 23.3 Å². The van der Waals surface area contributed by atoms with Crippen molar-refractivity contribution in [2.45, 2.75) is 65.8 Å². The molecule has 0 bridgehead atoms. The lowest BCUT2D eigenvalue weighted by Gasteiger charge is -2.37. The first-order valence-corrected chi connectivity index (χ1v) is 12.1. The third-order valence-electron chi connectivity index (χ3n) is 5.70. The van der Waals surface area contributed by atoms with Crippen molar-refractivity contribution in [1.82, 2.24) is 9.47 Å². The number of aryl methyl sites for hydroxylation is 1. The summed E-state index contributed by atoms with van der Waals surface area (Å²) < 4.78 is 13.4. The van der Waals surface area contributed by atoms with E-state index in [1.165, 1.54) is 6.08 Å². The summed E-state index contributed by atoms with van der Waals surface area (Å²) in [5.74, 6) is -1.21. The van der Waals surface area contributed by atoms with E-state index in [0.717, 1.165) is 27.6 Å². The minimum Gasteiger partial charge on any atom is -0.457 e. The maximum atomic E-state index is 13.5. The van der Waals surface area contributed by atoms with Crippen LogP contribution in [0.5, 0.6) is 0 Å². The number of esters is 2. The number of fused-ring (bicyclic) bond motifs is 2. The number of hydrogen-bond acceptors (Lipinski definition) is 5. The quantitative estimate of drug-likeness (QED) is 0.318. The zero-order valence-corrected chi connectivity index (χ0v) is 22.0. The Balaban J connectivity index is 1.91. The minimum absolute atomic E-state index is 0.102. The minimum atomic E-state index is -0.742. The van der Waals surface area contributed by atoms with Crippen molar-refractivity contribution < 1.29 is 19.1 Å². The molecule has 6 nitrogen and oxygen atoms in total. The lowest BCUT2D eigenvalue weighted by atomic mass is 10.00. The van der Waals surface area contributed by atoms with Crippen molar-refractivity contribution in [3.8, 4) is 0 Å². The number of ether oxygens (including phenoxy) is 2. The molecule has 1 aromatic heterocycles. The maximum Gasteiger partial charge on any atom is 0.355 e. The number of benzene rings is 2. The van der Waals surface area contributed by atoms with Gasteiger partial charge in [-0.1, -0.05) is 42.5 Å². The number of rotatable bonds is 4. The molecule has 2 aromatic carbocycles. The van der Waals surface area contributed by atoms with Crippen molar-refractivity contribution in [3.63, 3.8) is 0 Å². The van der Waals surface area contributed by atoms with Gasteiger partial charge in [0.15, 0.2) is 0 Å². The molecular weight excluding hydrogens is 452 g/mol. The zero-order chi connectivity index (χ0) is 26.3. The molecule has 0 saturated heterocycles. The van der Waals surface area contributed by atoms with Gasteiger partial charge in [-0.3, -0.25) is 0 Å². The Labute approximate surface area is 212 Å². The first kappa shape index (κ1) is 25.3.